The van der Waals surface area contributed by atoms with Gasteiger partial charge in [0.1, 0.15) is 0 Å². The smallest absolute Gasteiger partial charge is 0.262 e. The number of rotatable bonds is 0. The first-order chi connectivity index (χ1) is 6.02. The topological polar surface area (TPSA) is 15.3 Å². The summed E-state index contributed by atoms with van der Waals surface area (Å²) >= 11 is 0. The molecule has 2 saturated heterocycles. The third-order valence-corrected chi connectivity index (χ3v) is 3.26. The summed E-state index contributed by atoms with van der Waals surface area (Å²) in [5.41, 5.74) is -0.254. The van der Waals surface area contributed by atoms with Crippen molar-refractivity contribution in [3.63, 3.8) is 0 Å². The van der Waals surface area contributed by atoms with Crippen LogP contribution in [0.25, 0.3) is 0 Å². The third-order valence-electron chi connectivity index (χ3n) is 3.26. The fraction of sp³-hybridized carbons (Fsp3) is 1.00. The second kappa shape index (κ2) is 5.13. The number of nitrogens with zero attached hydrogens (tertiary/aromatic N) is 1. The summed E-state index contributed by atoms with van der Waals surface area (Å²) in [4.78, 5) is 2.20. The van der Waals surface area contributed by atoms with E-state index in [1.807, 2.05) is 7.05 Å². The van der Waals surface area contributed by atoms with Crippen LogP contribution in [-0.4, -0.2) is 43.0 Å². The molecule has 92 valence electrons. The van der Waals surface area contributed by atoms with Gasteiger partial charge in [0.2, 0.25) is 0 Å². The van der Waals surface area contributed by atoms with Gasteiger partial charge in [-0.25, -0.2) is 8.78 Å². The summed E-state index contributed by atoms with van der Waals surface area (Å²) in [6, 6.07) is 0. The van der Waals surface area contributed by atoms with Crippen molar-refractivity contribution in [1.82, 2.24) is 10.2 Å². The van der Waals surface area contributed by atoms with Crippen molar-refractivity contribution >= 4 is 24.8 Å². The lowest BCUT2D eigenvalue weighted by molar-refractivity contribution is 0.0109. The first-order valence-electron chi connectivity index (χ1n) is 4.83. The molecule has 0 amide bonds. The molecule has 0 aliphatic carbocycles. The molecule has 15 heavy (non-hydrogen) atoms. The van der Waals surface area contributed by atoms with Gasteiger partial charge in [0.15, 0.2) is 0 Å². The summed E-state index contributed by atoms with van der Waals surface area (Å²) in [6.45, 7) is 1.74. The Bertz CT molecular complexity index is 206. The van der Waals surface area contributed by atoms with Crippen LogP contribution in [0.3, 0.4) is 0 Å². The molecule has 0 bridgehead atoms. The summed E-state index contributed by atoms with van der Waals surface area (Å²) in [6.07, 6.45) is 1.76. The Hall–Kier alpha value is 0.360. The second-order valence-electron chi connectivity index (χ2n) is 4.47. The Morgan fingerprint density at radius 2 is 1.67 bits per heavy atom. The molecule has 6 heteroatoms. The van der Waals surface area contributed by atoms with E-state index in [2.05, 4.69) is 10.2 Å². The van der Waals surface area contributed by atoms with Gasteiger partial charge in [-0.05, 0) is 33.0 Å². The minimum Gasteiger partial charge on any atom is -0.306 e. The van der Waals surface area contributed by atoms with Crippen molar-refractivity contribution in [3.8, 4) is 0 Å². The van der Waals surface area contributed by atoms with Crippen molar-refractivity contribution in [2.45, 2.75) is 30.7 Å². The van der Waals surface area contributed by atoms with Crippen LogP contribution in [0.5, 0.6) is 0 Å². The van der Waals surface area contributed by atoms with Crippen molar-refractivity contribution in [1.29, 1.82) is 0 Å². The van der Waals surface area contributed by atoms with Crippen LogP contribution < -0.4 is 5.32 Å². The van der Waals surface area contributed by atoms with Gasteiger partial charge < -0.3 is 10.2 Å². The lowest BCUT2D eigenvalue weighted by Crippen LogP contribution is -2.48. The normalized spacial score (nSPS) is 28.2. The van der Waals surface area contributed by atoms with Crippen LogP contribution in [0.1, 0.15) is 19.3 Å². The number of piperidine rings is 1. The van der Waals surface area contributed by atoms with Crippen molar-refractivity contribution in [3.05, 3.63) is 0 Å². The van der Waals surface area contributed by atoms with Crippen molar-refractivity contribution in [2.24, 2.45) is 0 Å². The Morgan fingerprint density at radius 1 is 1.13 bits per heavy atom. The van der Waals surface area contributed by atoms with Crippen LogP contribution >= 0.6 is 24.8 Å². The molecule has 0 unspecified atom stereocenters. The van der Waals surface area contributed by atoms with Gasteiger partial charge in [-0.1, -0.05) is 0 Å². The zero-order valence-corrected chi connectivity index (χ0v) is 10.4. The van der Waals surface area contributed by atoms with Crippen LogP contribution in [0.4, 0.5) is 8.78 Å². The van der Waals surface area contributed by atoms with E-state index in [0.717, 1.165) is 25.9 Å². The molecule has 2 aliphatic heterocycles. The Labute approximate surface area is 102 Å². The van der Waals surface area contributed by atoms with E-state index in [-0.39, 0.29) is 43.3 Å². The van der Waals surface area contributed by atoms with Gasteiger partial charge in [-0.3, -0.25) is 0 Å². The van der Waals surface area contributed by atoms with Gasteiger partial charge in [0, 0.05) is 12.0 Å². The Morgan fingerprint density at radius 3 is 2.07 bits per heavy atom. The zero-order valence-electron chi connectivity index (χ0n) is 8.76. The highest BCUT2D eigenvalue weighted by Crippen LogP contribution is 2.38. The lowest BCUT2D eigenvalue weighted by Gasteiger charge is -2.37. The summed E-state index contributed by atoms with van der Waals surface area (Å²) in [5, 5.41) is 3.01. The summed E-state index contributed by atoms with van der Waals surface area (Å²) in [5.74, 6) is -2.48. The molecule has 0 aromatic heterocycles. The molecule has 2 nitrogen and oxygen atoms in total. The number of hydrogen-bond acceptors (Lipinski definition) is 2. The molecule has 0 saturated carbocycles. The highest BCUT2D eigenvalue weighted by Gasteiger charge is 2.49. The van der Waals surface area contributed by atoms with E-state index in [4.69, 9.17) is 0 Å². The molecule has 0 atom stereocenters. The third kappa shape index (κ3) is 3.41. The molecule has 1 spiro atoms. The van der Waals surface area contributed by atoms with Crippen molar-refractivity contribution in [2.75, 3.05) is 26.7 Å². The van der Waals surface area contributed by atoms with Gasteiger partial charge in [-0.2, -0.15) is 0 Å². The molecule has 2 heterocycles. The minimum absolute atomic E-state index is 0. The average Bonchev–Trinajstić information content (AvgIpc) is 2.35. The van der Waals surface area contributed by atoms with Crippen molar-refractivity contribution < 1.29 is 8.78 Å². The van der Waals surface area contributed by atoms with E-state index in [1.165, 1.54) is 0 Å². The summed E-state index contributed by atoms with van der Waals surface area (Å²) in [7, 11) is 2.04. The fourth-order valence-corrected chi connectivity index (χ4v) is 2.34. The SMILES string of the molecule is CN1CCC2(CC1)CC(F)(F)CN2.Cl.Cl. The Balaban J connectivity index is 0.000000980. The van der Waals surface area contributed by atoms with Crippen LogP contribution in [0, 0.1) is 0 Å². The maximum absolute atomic E-state index is 13.0. The molecule has 0 aromatic carbocycles. The van der Waals surface area contributed by atoms with Crippen LogP contribution in [0.15, 0.2) is 0 Å². The van der Waals surface area contributed by atoms with E-state index in [9.17, 15) is 8.78 Å². The van der Waals surface area contributed by atoms with Gasteiger partial charge in [0.05, 0.1) is 6.54 Å². The molecule has 0 radical (unpaired) electrons. The molecular formula is C9H18Cl2F2N2. The maximum Gasteiger partial charge on any atom is 0.262 e. The molecule has 2 rings (SSSR count). The first-order valence-corrected chi connectivity index (χ1v) is 4.83. The van der Waals surface area contributed by atoms with E-state index < -0.39 is 5.92 Å². The summed E-state index contributed by atoms with van der Waals surface area (Å²) < 4.78 is 26.0. The number of alkyl halides is 2. The zero-order chi connectivity index (χ0) is 9.53. The molecular weight excluding hydrogens is 245 g/mol. The Kier molecular flexibility index (Phi) is 5.25. The van der Waals surface area contributed by atoms with E-state index in [0.29, 0.717) is 0 Å². The van der Waals surface area contributed by atoms with Gasteiger partial charge in [0.25, 0.3) is 5.92 Å². The number of nitrogens with one attached hydrogen (secondary N) is 1. The number of likely N-dealkylation sites (tertiary alicyclic amines) is 1. The first kappa shape index (κ1) is 15.4. The average molecular weight is 263 g/mol. The maximum atomic E-state index is 13.0. The lowest BCUT2D eigenvalue weighted by atomic mass is 9.86. The predicted molar refractivity (Wildman–Crippen MR) is 61.5 cm³/mol. The van der Waals surface area contributed by atoms with Gasteiger partial charge >= 0.3 is 0 Å². The second-order valence-corrected chi connectivity index (χ2v) is 4.47. The predicted octanol–water partition coefficient (Wildman–Crippen LogP) is 1.92. The molecule has 0 aromatic rings. The number of hydrogen-bond donors (Lipinski definition) is 1. The highest BCUT2D eigenvalue weighted by atomic mass is 35.5. The number of halogens is 4. The van der Waals surface area contributed by atoms with E-state index in [1.54, 1.807) is 0 Å². The standard InChI is InChI=1S/C9H16F2N2.2ClH/c1-13-4-2-8(3-5-13)6-9(10,11)7-12-8;;/h12H,2-7H2,1H3;2*1H. The molecule has 2 aliphatic rings. The monoisotopic (exact) mass is 262 g/mol. The van der Waals surface area contributed by atoms with E-state index >= 15 is 0 Å². The van der Waals surface area contributed by atoms with Crippen LogP contribution in [0.2, 0.25) is 0 Å². The minimum atomic E-state index is -2.48. The quantitative estimate of drug-likeness (QED) is 0.718. The fourth-order valence-electron chi connectivity index (χ4n) is 2.34. The highest BCUT2D eigenvalue weighted by molar-refractivity contribution is 5.85. The van der Waals surface area contributed by atoms with Gasteiger partial charge in [-0.15, -0.1) is 24.8 Å². The molecule has 1 N–H and O–H groups in total. The molecule has 2 fully saturated rings. The van der Waals surface area contributed by atoms with Crippen LogP contribution in [-0.2, 0) is 0 Å². The largest absolute Gasteiger partial charge is 0.306 e.